The molecule has 0 saturated heterocycles. The quantitative estimate of drug-likeness (QED) is 0.217. The van der Waals surface area contributed by atoms with Crippen LogP contribution in [0.15, 0.2) is 76.9 Å². The number of nitrogens with two attached hydrogens (primary N) is 1. The first-order chi connectivity index (χ1) is 19.2. The van der Waals surface area contributed by atoms with E-state index in [1.165, 1.54) is 16.4 Å². The lowest BCUT2D eigenvalue weighted by Crippen LogP contribution is -2.40. The van der Waals surface area contributed by atoms with Crippen LogP contribution in [0.3, 0.4) is 0 Å². The molecule has 2 aromatic carbocycles. The van der Waals surface area contributed by atoms with Crippen LogP contribution in [0.2, 0.25) is 5.02 Å². The lowest BCUT2D eigenvalue weighted by atomic mass is 9.83. The SMILES string of the molecule is N=C(CN)CN=CC1(O)CCC(Nc2ncc(Cl)c(-c3cn(S(=O)(=O)c4ccccc4)c4ccccc34)n2)CC1. The number of anilines is 1. The van der Waals surface area contributed by atoms with Gasteiger partial charge in [0.1, 0.15) is 0 Å². The van der Waals surface area contributed by atoms with Gasteiger partial charge in [-0.15, -0.1) is 0 Å². The van der Waals surface area contributed by atoms with Gasteiger partial charge >= 0.3 is 0 Å². The summed E-state index contributed by atoms with van der Waals surface area (Å²) in [6.45, 7) is 0.332. The molecular formula is C28H30ClN7O3S. The first-order valence-electron chi connectivity index (χ1n) is 12.9. The van der Waals surface area contributed by atoms with Gasteiger partial charge < -0.3 is 21.6 Å². The zero-order chi connectivity index (χ0) is 28.3. The van der Waals surface area contributed by atoms with E-state index in [1.807, 2.05) is 12.1 Å². The summed E-state index contributed by atoms with van der Waals surface area (Å²) < 4.78 is 28.3. The maximum Gasteiger partial charge on any atom is 0.268 e. The molecule has 2 heterocycles. The van der Waals surface area contributed by atoms with Crippen molar-refractivity contribution in [2.45, 2.75) is 42.2 Å². The molecule has 4 aromatic rings. The van der Waals surface area contributed by atoms with Gasteiger partial charge in [-0.05, 0) is 43.9 Å². The first-order valence-corrected chi connectivity index (χ1v) is 14.7. The second kappa shape index (κ2) is 11.5. The van der Waals surface area contributed by atoms with Gasteiger partial charge in [-0.25, -0.2) is 22.4 Å². The van der Waals surface area contributed by atoms with Gasteiger partial charge in [0.05, 0.1) is 39.5 Å². The van der Waals surface area contributed by atoms with Gasteiger partial charge in [0.25, 0.3) is 10.0 Å². The summed E-state index contributed by atoms with van der Waals surface area (Å²) in [5, 5.41) is 22.8. The van der Waals surface area contributed by atoms with Crippen molar-refractivity contribution in [3.05, 3.63) is 72.0 Å². The van der Waals surface area contributed by atoms with Crippen LogP contribution in [0.4, 0.5) is 5.95 Å². The Morgan fingerprint density at radius 3 is 2.62 bits per heavy atom. The highest BCUT2D eigenvalue weighted by molar-refractivity contribution is 7.90. The molecule has 5 N–H and O–H groups in total. The van der Waals surface area contributed by atoms with Crippen molar-refractivity contribution in [1.29, 1.82) is 5.41 Å². The lowest BCUT2D eigenvalue weighted by Gasteiger charge is -2.33. The number of hydrogen-bond donors (Lipinski definition) is 4. The third-order valence-corrected chi connectivity index (χ3v) is 8.99. The highest BCUT2D eigenvalue weighted by atomic mass is 35.5. The molecule has 5 rings (SSSR count). The van der Waals surface area contributed by atoms with E-state index < -0.39 is 15.6 Å². The molecule has 12 heteroatoms. The fourth-order valence-electron chi connectivity index (χ4n) is 4.83. The smallest absolute Gasteiger partial charge is 0.268 e. The normalized spacial score (nSPS) is 19.7. The predicted molar refractivity (Wildman–Crippen MR) is 158 cm³/mol. The van der Waals surface area contributed by atoms with Crippen molar-refractivity contribution in [3.8, 4) is 11.3 Å². The minimum absolute atomic E-state index is 0.0184. The van der Waals surface area contributed by atoms with Crippen LogP contribution in [0.25, 0.3) is 22.2 Å². The van der Waals surface area contributed by atoms with Crippen LogP contribution in [0.5, 0.6) is 0 Å². The van der Waals surface area contributed by atoms with Crippen LogP contribution in [-0.2, 0) is 10.0 Å². The third kappa shape index (κ3) is 5.78. The average Bonchev–Trinajstić information content (AvgIpc) is 3.36. The van der Waals surface area contributed by atoms with Crippen molar-refractivity contribution in [1.82, 2.24) is 13.9 Å². The molecule has 1 aliphatic carbocycles. The van der Waals surface area contributed by atoms with Crippen molar-refractivity contribution in [2.75, 3.05) is 18.4 Å². The van der Waals surface area contributed by atoms with Gasteiger partial charge in [0.2, 0.25) is 5.95 Å². The van der Waals surface area contributed by atoms with Crippen molar-refractivity contribution < 1.29 is 13.5 Å². The number of aromatic nitrogens is 3. The summed E-state index contributed by atoms with van der Waals surface area (Å²) in [5.41, 5.74) is 6.22. The number of nitrogens with one attached hydrogen (secondary N) is 2. The summed E-state index contributed by atoms with van der Waals surface area (Å²) in [7, 11) is -3.86. The zero-order valence-electron chi connectivity index (χ0n) is 21.7. The van der Waals surface area contributed by atoms with Crippen LogP contribution < -0.4 is 11.1 Å². The fourth-order valence-corrected chi connectivity index (χ4v) is 6.42. The van der Waals surface area contributed by atoms with E-state index >= 15 is 0 Å². The summed E-state index contributed by atoms with van der Waals surface area (Å²) in [6, 6.07) is 15.5. The maximum absolute atomic E-state index is 13.5. The van der Waals surface area contributed by atoms with Gasteiger partial charge in [0.15, 0.2) is 0 Å². The molecule has 0 aliphatic heterocycles. The Hall–Kier alpha value is -3.64. The number of aliphatic imine (C=N–C) groups is 1. The Bertz CT molecular complexity index is 1660. The van der Waals surface area contributed by atoms with Crippen molar-refractivity contribution in [3.63, 3.8) is 0 Å². The third-order valence-electron chi connectivity index (χ3n) is 7.02. The molecule has 2 aromatic heterocycles. The average molecular weight is 580 g/mol. The van der Waals surface area contributed by atoms with E-state index in [-0.39, 0.29) is 24.0 Å². The Kier molecular flexibility index (Phi) is 7.99. The highest BCUT2D eigenvalue weighted by Crippen LogP contribution is 2.36. The van der Waals surface area contributed by atoms with Crippen LogP contribution >= 0.6 is 11.6 Å². The van der Waals surface area contributed by atoms with Crippen LogP contribution in [0.1, 0.15) is 25.7 Å². The monoisotopic (exact) mass is 579 g/mol. The maximum atomic E-state index is 13.5. The summed E-state index contributed by atoms with van der Waals surface area (Å²) in [4.78, 5) is 13.4. The number of rotatable bonds is 9. The highest BCUT2D eigenvalue weighted by Gasteiger charge is 2.32. The van der Waals surface area contributed by atoms with Gasteiger partial charge in [0, 0.05) is 41.7 Å². The number of halogens is 1. The number of fused-ring (bicyclic) bond motifs is 1. The van der Waals surface area contributed by atoms with Gasteiger partial charge in [-0.3, -0.25) is 4.99 Å². The molecule has 0 unspecified atom stereocenters. The molecule has 1 fully saturated rings. The van der Waals surface area contributed by atoms with Gasteiger partial charge in [-0.2, -0.15) is 0 Å². The van der Waals surface area contributed by atoms with Gasteiger partial charge in [-0.1, -0.05) is 48.0 Å². The predicted octanol–water partition coefficient (Wildman–Crippen LogP) is 4.12. The molecule has 0 spiro atoms. The Morgan fingerprint density at radius 1 is 1.20 bits per heavy atom. The fraction of sp³-hybridized carbons (Fsp3) is 0.286. The molecule has 0 radical (unpaired) electrons. The largest absolute Gasteiger partial charge is 0.384 e. The topological polar surface area (TPSA) is 159 Å². The molecule has 10 nitrogen and oxygen atoms in total. The molecular weight excluding hydrogens is 550 g/mol. The van der Waals surface area contributed by atoms with E-state index in [4.69, 9.17) is 22.7 Å². The lowest BCUT2D eigenvalue weighted by molar-refractivity contribution is 0.0720. The Labute approximate surface area is 237 Å². The second-order valence-electron chi connectivity index (χ2n) is 9.86. The zero-order valence-corrected chi connectivity index (χ0v) is 23.2. The van der Waals surface area contributed by atoms with E-state index in [0.29, 0.717) is 64.5 Å². The van der Waals surface area contributed by atoms with E-state index in [0.717, 1.165) is 0 Å². The number of para-hydroxylation sites is 1. The first kappa shape index (κ1) is 27.9. The molecule has 0 bridgehead atoms. The minimum atomic E-state index is -3.86. The number of benzene rings is 2. The molecule has 1 saturated carbocycles. The molecule has 0 amide bonds. The molecule has 208 valence electrons. The second-order valence-corrected chi connectivity index (χ2v) is 12.1. The summed E-state index contributed by atoms with van der Waals surface area (Å²) in [6.07, 6.45) is 6.89. The molecule has 40 heavy (non-hydrogen) atoms. The number of aliphatic hydroxyl groups is 1. The van der Waals surface area contributed by atoms with Crippen molar-refractivity contribution >= 4 is 50.4 Å². The summed E-state index contributed by atoms with van der Waals surface area (Å²) in [5.74, 6) is 0.364. The number of nitrogens with zero attached hydrogens (tertiary/aromatic N) is 4. The standard InChI is InChI=1S/C28H30ClN7O3S/c29-24-16-33-27(34-20-10-12-28(37,13-11-20)18-32-15-19(31)14-30)35-26(24)23-17-36(25-9-5-4-8-22(23)25)40(38,39)21-6-2-1-3-7-21/h1-9,16-18,20,31,37H,10-15,30H2,(H,33,34,35). The van der Waals surface area contributed by atoms with Crippen LogP contribution in [-0.4, -0.2) is 64.1 Å². The Balaban J connectivity index is 1.39. The Morgan fingerprint density at radius 2 is 1.90 bits per heavy atom. The molecule has 0 atom stereocenters. The summed E-state index contributed by atoms with van der Waals surface area (Å²) >= 11 is 6.55. The van der Waals surface area contributed by atoms with E-state index in [1.54, 1.807) is 48.7 Å². The van der Waals surface area contributed by atoms with Crippen molar-refractivity contribution in [2.24, 2.45) is 10.7 Å². The van der Waals surface area contributed by atoms with Crippen LogP contribution in [0, 0.1) is 5.41 Å². The number of hydrogen-bond acceptors (Lipinski definition) is 9. The molecule has 1 aliphatic rings. The van der Waals surface area contributed by atoms with E-state index in [9.17, 15) is 13.5 Å². The minimum Gasteiger partial charge on any atom is -0.384 e. The van der Waals surface area contributed by atoms with E-state index in [2.05, 4.69) is 20.3 Å².